The quantitative estimate of drug-likeness (QED) is 0.341. The van der Waals surface area contributed by atoms with E-state index < -0.39 is 0 Å². The Bertz CT molecular complexity index is 581. The number of anilines is 1. The van der Waals surface area contributed by atoms with Crippen molar-refractivity contribution in [1.29, 1.82) is 0 Å². The first-order valence-corrected chi connectivity index (χ1v) is 6.20. The molecule has 0 radical (unpaired) electrons. The molecule has 2 rings (SSSR count). The Kier molecular flexibility index (Phi) is 4.39. The smallest absolute Gasteiger partial charge is 0.215 e. The largest absolute Gasteiger partial charge is 0.325 e. The van der Waals surface area contributed by atoms with Gasteiger partial charge in [0.2, 0.25) is 5.96 Å². The van der Waals surface area contributed by atoms with Crippen molar-refractivity contribution in [2.75, 3.05) is 5.32 Å². The zero-order valence-electron chi connectivity index (χ0n) is 10.5. The first-order valence-electron chi connectivity index (χ1n) is 5.82. The van der Waals surface area contributed by atoms with Gasteiger partial charge in [0.15, 0.2) is 0 Å². The predicted octanol–water partition coefficient (Wildman–Crippen LogP) is 3.21. The number of nitrogens with one attached hydrogen (secondary N) is 2. The minimum absolute atomic E-state index is 0.450. The molecule has 4 nitrogen and oxygen atoms in total. The van der Waals surface area contributed by atoms with Gasteiger partial charge in [-0.15, -0.1) is 0 Å². The van der Waals surface area contributed by atoms with Gasteiger partial charge in [0.1, 0.15) is 0 Å². The lowest BCUT2D eigenvalue weighted by Gasteiger charge is -2.10. The van der Waals surface area contributed by atoms with Gasteiger partial charge >= 0.3 is 0 Å². The van der Waals surface area contributed by atoms with E-state index in [2.05, 4.69) is 15.7 Å². The van der Waals surface area contributed by atoms with E-state index in [-0.39, 0.29) is 0 Å². The lowest BCUT2D eigenvalue weighted by atomic mass is 10.2. The number of nitrogens with zero attached hydrogens (tertiary/aromatic N) is 1. The molecular formula is C14H15ClN4. The summed E-state index contributed by atoms with van der Waals surface area (Å²) in [5.41, 5.74) is 5.18. The normalized spacial score (nSPS) is 11.2. The third kappa shape index (κ3) is 3.71. The molecule has 0 heterocycles. The number of hydrogen-bond acceptors (Lipinski definition) is 2. The maximum atomic E-state index is 6.07. The standard InChI is InChI=1S/C14H15ClN4/c1-10-7-8-12(9-13(10)15)18-14(19-16)17-11-5-3-2-4-6-11/h2-9H,16H2,1H3,(H2,17,18,19). The highest BCUT2D eigenvalue weighted by Gasteiger charge is 2.01. The van der Waals surface area contributed by atoms with E-state index in [4.69, 9.17) is 17.4 Å². The average Bonchev–Trinajstić information content (AvgIpc) is 2.43. The van der Waals surface area contributed by atoms with Crippen molar-refractivity contribution in [3.05, 3.63) is 59.1 Å². The first-order chi connectivity index (χ1) is 9.19. The van der Waals surface area contributed by atoms with Crippen molar-refractivity contribution < 1.29 is 0 Å². The van der Waals surface area contributed by atoms with Gasteiger partial charge < -0.3 is 5.32 Å². The lowest BCUT2D eigenvalue weighted by molar-refractivity contribution is 1.02. The van der Waals surface area contributed by atoms with E-state index in [1.807, 2.05) is 55.5 Å². The van der Waals surface area contributed by atoms with Gasteiger partial charge in [-0.05, 0) is 36.8 Å². The van der Waals surface area contributed by atoms with Gasteiger partial charge in [-0.1, -0.05) is 35.9 Å². The van der Waals surface area contributed by atoms with Crippen LogP contribution in [0.1, 0.15) is 5.56 Å². The summed E-state index contributed by atoms with van der Waals surface area (Å²) in [7, 11) is 0. The van der Waals surface area contributed by atoms with E-state index in [0.717, 1.165) is 16.9 Å². The molecule has 5 heteroatoms. The fourth-order valence-electron chi connectivity index (χ4n) is 1.54. The van der Waals surface area contributed by atoms with Crippen molar-refractivity contribution in [3.63, 3.8) is 0 Å². The van der Waals surface area contributed by atoms with Crippen molar-refractivity contribution >= 4 is 28.9 Å². The van der Waals surface area contributed by atoms with Crippen LogP contribution in [0.3, 0.4) is 0 Å². The summed E-state index contributed by atoms with van der Waals surface area (Å²) in [5, 5.41) is 3.77. The van der Waals surface area contributed by atoms with E-state index in [1.54, 1.807) is 0 Å². The van der Waals surface area contributed by atoms with E-state index in [9.17, 15) is 0 Å². The Balaban J connectivity index is 2.19. The van der Waals surface area contributed by atoms with Crippen LogP contribution in [-0.4, -0.2) is 5.96 Å². The summed E-state index contributed by atoms with van der Waals surface area (Å²) in [4.78, 5) is 4.35. The number of guanidine groups is 1. The molecule has 0 aliphatic heterocycles. The second-order valence-electron chi connectivity index (χ2n) is 4.03. The second-order valence-corrected chi connectivity index (χ2v) is 4.44. The highest BCUT2D eigenvalue weighted by molar-refractivity contribution is 6.31. The minimum atomic E-state index is 0.450. The van der Waals surface area contributed by atoms with Gasteiger partial charge in [0.25, 0.3) is 0 Å². The van der Waals surface area contributed by atoms with E-state index >= 15 is 0 Å². The topological polar surface area (TPSA) is 62.4 Å². The number of aryl methyl sites for hydroxylation is 1. The van der Waals surface area contributed by atoms with Crippen molar-refractivity contribution in [3.8, 4) is 0 Å². The Labute approximate surface area is 117 Å². The van der Waals surface area contributed by atoms with Crippen molar-refractivity contribution in [1.82, 2.24) is 5.43 Å². The molecule has 0 atom stereocenters. The monoisotopic (exact) mass is 274 g/mol. The third-order valence-corrected chi connectivity index (χ3v) is 2.98. The van der Waals surface area contributed by atoms with Crippen molar-refractivity contribution in [2.45, 2.75) is 6.92 Å². The summed E-state index contributed by atoms with van der Waals surface area (Å²) in [6, 6.07) is 15.2. The summed E-state index contributed by atoms with van der Waals surface area (Å²) in [6.45, 7) is 1.95. The van der Waals surface area contributed by atoms with E-state index in [1.165, 1.54) is 0 Å². The van der Waals surface area contributed by atoms with Crippen LogP contribution in [0.2, 0.25) is 5.02 Å². The number of rotatable bonds is 2. The average molecular weight is 275 g/mol. The molecule has 0 spiro atoms. The summed E-state index contributed by atoms with van der Waals surface area (Å²) in [5.74, 6) is 5.91. The van der Waals surface area contributed by atoms with Gasteiger partial charge in [-0.2, -0.15) is 0 Å². The molecule has 0 bridgehead atoms. The Morgan fingerprint density at radius 1 is 1.16 bits per heavy atom. The van der Waals surface area contributed by atoms with Crippen LogP contribution in [0, 0.1) is 6.92 Å². The number of benzene rings is 2. The summed E-state index contributed by atoms with van der Waals surface area (Å²) < 4.78 is 0. The molecule has 98 valence electrons. The molecule has 2 aromatic rings. The van der Waals surface area contributed by atoms with E-state index in [0.29, 0.717) is 11.0 Å². The Morgan fingerprint density at radius 3 is 2.53 bits per heavy atom. The molecular weight excluding hydrogens is 260 g/mol. The number of hydrazine groups is 1. The molecule has 0 saturated carbocycles. The zero-order valence-corrected chi connectivity index (χ0v) is 11.3. The van der Waals surface area contributed by atoms with Crippen LogP contribution in [0.4, 0.5) is 11.4 Å². The second kappa shape index (κ2) is 6.22. The maximum Gasteiger partial charge on any atom is 0.215 e. The fraction of sp³-hybridized carbons (Fsp3) is 0.0714. The first kappa shape index (κ1) is 13.4. The third-order valence-electron chi connectivity index (χ3n) is 2.57. The van der Waals surface area contributed by atoms with Gasteiger partial charge in [-0.3, -0.25) is 5.43 Å². The number of halogens is 1. The maximum absolute atomic E-state index is 6.07. The molecule has 4 N–H and O–H groups in total. The zero-order chi connectivity index (χ0) is 13.7. The van der Waals surface area contributed by atoms with Crippen LogP contribution < -0.4 is 16.6 Å². The van der Waals surface area contributed by atoms with Gasteiger partial charge in [0, 0.05) is 10.7 Å². The molecule has 0 unspecified atom stereocenters. The SMILES string of the molecule is Cc1ccc(NC(=Nc2ccccc2)NN)cc1Cl. The van der Waals surface area contributed by atoms with Crippen LogP contribution in [-0.2, 0) is 0 Å². The molecule has 0 fully saturated rings. The highest BCUT2D eigenvalue weighted by atomic mass is 35.5. The molecule has 0 saturated heterocycles. The molecule has 0 aliphatic carbocycles. The van der Waals surface area contributed by atoms with Crippen LogP contribution >= 0.6 is 11.6 Å². The number of para-hydroxylation sites is 1. The Morgan fingerprint density at radius 2 is 1.89 bits per heavy atom. The van der Waals surface area contributed by atoms with Crippen LogP contribution in [0.25, 0.3) is 0 Å². The minimum Gasteiger partial charge on any atom is -0.325 e. The molecule has 0 aliphatic rings. The van der Waals surface area contributed by atoms with Gasteiger partial charge in [-0.25, -0.2) is 10.8 Å². The molecule has 19 heavy (non-hydrogen) atoms. The molecule has 2 aromatic carbocycles. The predicted molar refractivity (Wildman–Crippen MR) is 80.7 cm³/mol. The van der Waals surface area contributed by atoms with Gasteiger partial charge in [0.05, 0.1) is 5.69 Å². The lowest BCUT2D eigenvalue weighted by Crippen LogP contribution is -2.35. The number of hydrogen-bond donors (Lipinski definition) is 3. The van der Waals surface area contributed by atoms with Crippen molar-refractivity contribution in [2.24, 2.45) is 10.8 Å². The fourth-order valence-corrected chi connectivity index (χ4v) is 1.72. The van der Waals surface area contributed by atoms with Crippen LogP contribution in [0.5, 0.6) is 0 Å². The number of aliphatic imine (C=N–C) groups is 1. The molecule has 0 aromatic heterocycles. The molecule has 0 amide bonds. The summed E-state index contributed by atoms with van der Waals surface area (Å²) >= 11 is 6.07. The highest BCUT2D eigenvalue weighted by Crippen LogP contribution is 2.20. The Hall–Kier alpha value is -2.04. The van der Waals surface area contributed by atoms with Crippen LogP contribution in [0.15, 0.2) is 53.5 Å². The summed E-state index contributed by atoms with van der Waals surface area (Å²) in [6.07, 6.45) is 0. The number of nitrogens with two attached hydrogens (primary N) is 1.